The Bertz CT molecular complexity index is 588. The quantitative estimate of drug-likeness (QED) is 0.840. The van der Waals surface area contributed by atoms with Gasteiger partial charge in [-0.05, 0) is 30.9 Å². The second-order valence-corrected chi connectivity index (χ2v) is 5.97. The third-order valence-electron chi connectivity index (χ3n) is 4.74. The van der Waals surface area contributed by atoms with Crippen LogP contribution in [-0.2, 0) is 0 Å². The number of nitrogens with zero attached hydrogens (tertiary/aromatic N) is 1. The van der Waals surface area contributed by atoms with E-state index >= 15 is 0 Å². The Labute approximate surface area is 138 Å². The van der Waals surface area contributed by atoms with Gasteiger partial charge in [-0.2, -0.15) is 0 Å². The van der Waals surface area contributed by atoms with E-state index in [4.69, 9.17) is 9.47 Å². The van der Waals surface area contributed by atoms with Crippen molar-refractivity contribution in [1.82, 2.24) is 5.32 Å². The normalized spacial score (nSPS) is 15.6. The molecule has 0 atom stereocenters. The summed E-state index contributed by atoms with van der Waals surface area (Å²) in [5.74, 6) is 2.73. The van der Waals surface area contributed by atoms with Crippen molar-refractivity contribution in [1.29, 1.82) is 0 Å². The molecule has 0 spiro atoms. The van der Waals surface area contributed by atoms with Crippen LogP contribution in [0.5, 0.6) is 11.5 Å². The Balaban J connectivity index is 2.10. The van der Waals surface area contributed by atoms with Gasteiger partial charge in [-0.3, -0.25) is 0 Å². The summed E-state index contributed by atoms with van der Waals surface area (Å²) in [6.07, 6.45) is 2.22. The minimum absolute atomic E-state index is 0.276. The van der Waals surface area contributed by atoms with Gasteiger partial charge < -0.3 is 9.47 Å². The van der Waals surface area contributed by atoms with E-state index in [0.29, 0.717) is 5.92 Å². The molecular formula is C20H24NO2. The van der Waals surface area contributed by atoms with Gasteiger partial charge in [0.15, 0.2) is 0 Å². The van der Waals surface area contributed by atoms with Gasteiger partial charge >= 0.3 is 0 Å². The molecule has 2 aromatic rings. The Morgan fingerprint density at radius 2 is 1.30 bits per heavy atom. The predicted molar refractivity (Wildman–Crippen MR) is 92.4 cm³/mol. The largest absolute Gasteiger partial charge is 0.496 e. The van der Waals surface area contributed by atoms with Crippen LogP contribution in [0.25, 0.3) is 0 Å². The molecule has 0 bridgehead atoms. The highest BCUT2D eigenvalue weighted by molar-refractivity contribution is 5.47. The van der Waals surface area contributed by atoms with E-state index in [1.54, 1.807) is 14.2 Å². The van der Waals surface area contributed by atoms with E-state index < -0.39 is 0 Å². The predicted octanol–water partition coefficient (Wildman–Crippen LogP) is 3.85. The molecule has 1 aliphatic rings. The van der Waals surface area contributed by atoms with E-state index in [-0.39, 0.29) is 5.92 Å². The van der Waals surface area contributed by atoms with Crippen molar-refractivity contribution in [2.45, 2.75) is 18.8 Å². The third-order valence-corrected chi connectivity index (χ3v) is 4.74. The fourth-order valence-electron chi connectivity index (χ4n) is 3.63. The highest BCUT2D eigenvalue weighted by Crippen LogP contribution is 2.43. The lowest BCUT2D eigenvalue weighted by Crippen LogP contribution is -2.27. The fourth-order valence-corrected chi connectivity index (χ4v) is 3.63. The van der Waals surface area contributed by atoms with Crippen LogP contribution in [-0.4, -0.2) is 27.3 Å². The van der Waals surface area contributed by atoms with Gasteiger partial charge in [-0.15, -0.1) is 0 Å². The smallest absolute Gasteiger partial charge is 0.122 e. The molecule has 0 N–H and O–H groups in total. The molecule has 0 amide bonds. The van der Waals surface area contributed by atoms with Crippen LogP contribution in [0.1, 0.15) is 29.9 Å². The lowest BCUT2D eigenvalue weighted by molar-refractivity contribution is 0.322. The van der Waals surface area contributed by atoms with E-state index in [2.05, 4.69) is 29.6 Å². The molecule has 121 valence electrons. The first kappa shape index (κ1) is 15.9. The number of piperidine rings is 1. The molecule has 0 aromatic heterocycles. The number of hydrogen-bond donors (Lipinski definition) is 0. The molecule has 3 heteroatoms. The molecule has 3 nitrogen and oxygen atoms in total. The number of benzene rings is 2. The van der Waals surface area contributed by atoms with Crippen molar-refractivity contribution < 1.29 is 9.47 Å². The van der Waals surface area contributed by atoms with E-state index in [9.17, 15) is 0 Å². The van der Waals surface area contributed by atoms with Crippen LogP contribution in [0.15, 0.2) is 48.5 Å². The van der Waals surface area contributed by atoms with Crippen LogP contribution in [0.4, 0.5) is 0 Å². The first-order chi connectivity index (χ1) is 11.3. The second kappa shape index (κ2) is 7.51. The minimum atomic E-state index is 0.276. The van der Waals surface area contributed by atoms with Gasteiger partial charge in [-0.1, -0.05) is 36.4 Å². The maximum Gasteiger partial charge on any atom is 0.122 e. The van der Waals surface area contributed by atoms with Crippen LogP contribution in [0.2, 0.25) is 0 Å². The molecule has 1 aliphatic heterocycles. The molecule has 3 rings (SSSR count). The Kier molecular flexibility index (Phi) is 5.19. The van der Waals surface area contributed by atoms with Crippen LogP contribution < -0.4 is 14.8 Å². The van der Waals surface area contributed by atoms with Crippen molar-refractivity contribution in [2.75, 3.05) is 27.3 Å². The standard InChI is InChI=1S/C20H24NO2/c1-22-18-9-5-3-7-16(18)20(15-11-13-21-14-12-15)17-8-4-6-10-19(17)23-2/h3-10,15,20H,11-14H2,1-2H3. The average molecular weight is 310 g/mol. The van der Waals surface area contributed by atoms with Gasteiger partial charge in [0.25, 0.3) is 0 Å². The van der Waals surface area contributed by atoms with Crippen LogP contribution >= 0.6 is 0 Å². The third kappa shape index (κ3) is 3.35. The number of ether oxygens (including phenoxy) is 2. The van der Waals surface area contributed by atoms with Crippen molar-refractivity contribution in [3.05, 3.63) is 59.7 Å². The summed E-state index contributed by atoms with van der Waals surface area (Å²) in [6.45, 7) is 1.90. The molecule has 1 saturated heterocycles. The zero-order chi connectivity index (χ0) is 16.1. The minimum Gasteiger partial charge on any atom is -0.496 e. The number of hydrogen-bond acceptors (Lipinski definition) is 2. The first-order valence-corrected chi connectivity index (χ1v) is 8.24. The van der Waals surface area contributed by atoms with Gasteiger partial charge in [0.1, 0.15) is 11.5 Å². The Morgan fingerprint density at radius 3 is 1.78 bits per heavy atom. The first-order valence-electron chi connectivity index (χ1n) is 8.24. The lowest BCUT2D eigenvalue weighted by Gasteiger charge is -2.32. The average Bonchev–Trinajstić information content (AvgIpc) is 2.64. The molecule has 1 radical (unpaired) electrons. The topological polar surface area (TPSA) is 32.6 Å². The summed E-state index contributed by atoms with van der Waals surface area (Å²) in [6, 6.07) is 16.7. The van der Waals surface area contributed by atoms with E-state index in [1.165, 1.54) is 11.1 Å². The molecule has 23 heavy (non-hydrogen) atoms. The van der Waals surface area contributed by atoms with Crippen molar-refractivity contribution >= 4 is 0 Å². The Morgan fingerprint density at radius 1 is 0.826 bits per heavy atom. The molecule has 0 unspecified atom stereocenters. The zero-order valence-corrected chi connectivity index (χ0v) is 13.9. The summed E-state index contributed by atoms with van der Waals surface area (Å²) in [5, 5.41) is 4.52. The molecule has 0 aliphatic carbocycles. The summed E-state index contributed by atoms with van der Waals surface area (Å²) in [7, 11) is 3.49. The van der Waals surface area contributed by atoms with Gasteiger partial charge in [0.05, 0.1) is 14.2 Å². The second-order valence-electron chi connectivity index (χ2n) is 5.97. The van der Waals surface area contributed by atoms with E-state index in [1.807, 2.05) is 24.3 Å². The molecular weight excluding hydrogens is 286 g/mol. The number of methoxy groups -OCH3 is 2. The highest BCUT2D eigenvalue weighted by atomic mass is 16.5. The maximum absolute atomic E-state index is 5.65. The summed E-state index contributed by atoms with van der Waals surface area (Å²) >= 11 is 0. The highest BCUT2D eigenvalue weighted by Gasteiger charge is 2.30. The van der Waals surface area contributed by atoms with Gasteiger partial charge in [0, 0.05) is 30.1 Å². The molecule has 2 aromatic carbocycles. The van der Waals surface area contributed by atoms with Crippen molar-refractivity contribution in [3.8, 4) is 11.5 Å². The van der Waals surface area contributed by atoms with E-state index in [0.717, 1.165) is 37.4 Å². The van der Waals surface area contributed by atoms with Gasteiger partial charge in [0.2, 0.25) is 0 Å². The Hall–Kier alpha value is -2.00. The number of para-hydroxylation sites is 2. The SMILES string of the molecule is COc1ccccc1C(c1ccccc1OC)C1CC[N]CC1. The summed E-state index contributed by atoms with van der Waals surface area (Å²) in [5.41, 5.74) is 2.48. The molecule has 0 saturated carbocycles. The molecule has 1 heterocycles. The zero-order valence-electron chi connectivity index (χ0n) is 13.9. The van der Waals surface area contributed by atoms with Crippen molar-refractivity contribution in [2.24, 2.45) is 5.92 Å². The summed E-state index contributed by atoms with van der Waals surface area (Å²) < 4.78 is 11.3. The number of rotatable bonds is 5. The fraction of sp³-hybridized carbons (Fsp3) is 0.400. The molecule has 1 fully saturated rings. The lowest BCUT2D eigenvalue weighted by atomic mass is 9.76. The van der Waals surface area contributed by atoms with Crippen LogP contribution in [0.3, 0.4) is 0 Å². The maximum atomic E-state index is 5.65. The van der Waals surface area contributed by atoms with Gasteiger partial charge in [-0.25, -0.2) is 5.32 Å². The van der Waals surface area contributed by atoms with Crippen LogP contribution in [0, 0.1) is 5.92 Å². The summed E-state index contributed by atoms with van der Waals surface area (Å²) in [4.78, 5) is 0. The monoisotopic (exact) mass is 310 g/mol. The van der Waals surface area contributed by atoms with Crippen molar-refractivity contribution in [3.63, 3.8) is 0 Å².